The Balaban J connectivity index is 1.30. The quantitative estimate of drug-likeness (QED) is 0.390. The molecule has 5 rings (SSSR count). The number of H-pyrrole nitrogens is 1. The van der Waals surface area contributed by atoms with Crippen LogP contribution >= 0.6 is 0 Å². The molecule has 1 aromatic heterocycles. The van der Waals surface area contributed by atoms with Gasteiger partial charge in [-0.2, -0.15) is 0 Å². The monoisotopic (exact) mass is 483 g/mol. The molecule has 0 spiro atoms. The van der Waals surface area contributed by atoms with Crippen molar-refractivity contribution in [1.29, 1.82) is 0 Å². The summed E-state index contributed by atoms with van der Waals surface area (Å²) in [6, 6.07) is 19.9. The Bertz CT molecular complexity index is 1550. The second kappa shape index (κ2) is 10.0. The molecule has 0 aliphatic carbocycles. The predicted octanol–water partition coefficient (Wildman–Crippen LogP) is 2.97. The van der Waals surface area contributed by atoms with E-state index in [9.17, 15) is 19.2 Å². The molecule has 2 heterocycles. The van der Waals surface area contributed by atoms with Crippen LogP contribution in [0.3, 0.4) is 0 Å². The number of rotatable bonds is 6. The van der Waals surface area contributed by atoms with Crippen LogP contribution in [0.25, 0.3) is 16.6 Å². The van der Waals surface area contributed by atoms with Crippen molar-refractivity contribution in [3.8, 4) is 5.69 Å². The number of fused-ring (bicyclic) bond motifs is 1. The Morgan fingerprint density at radius 3 is 2.28 bits per heavy atom. The van der Waals surface area contributed by atoms with Crippen molar-refractivity contribution in [3.63, 3.8) is 0 Å². The van der Waals surface area contributed by atoms with Crippen molar-refractivity contribution < 1.29 is 9.59 Å². The van der Waals surface area contributed by atoms with E-state index in [4.69, 9.17) is 0 Å². The van der Waals surface area contributed by atoms with Crippen molar-refractivity contribution in [3.05, 3.63) is 99.2 Å². The minimum atomic E-state index is -0.585. The van der Waals surface area contributed by atoms with Crippen LogP contribution in [0.2, 0.25) is 0 Å². The number of nitrogens with zero attached hydrogens (tertiary/aromatic N) is 2. The number of anilines is 2. The van der Waals surface area contributed by atoms with Crippen LogP contribution in [0.5, 0.6) is 0 Å². The van der Waals surface area contributed by atoms with E-state index in [2.05, 4.69) is 20.5 Å². The maximum Gasteiger partial charge on any atom is 0.333 e. The van der Waals surface area contributed by atoms with E-state index in [1.54, 1.807) is 66.7 Å². The van der Waals surface area contributed by atoms with Gasteiger partial charge in [-0.3, -0.25) is 19.3 Å². The smallest absolute Gasteiger partial charge is 0.325 e. The summed E-state index contributed by atoms with van der Waals surface area (Å²) in [5.41, 5.74) is 1.17. The fourth-order valence-electron chi connectivity index (χ4n) is 4.37. The molecule has 4 aromatic rings. The van der Waals surface area contributed by atoms with Crippen molar-refractivity contribution in [2.45, 2.75) is 12.8 Å². The molecule has 1 aliphatic heterocycles. The fraction of sp³-hybridized carbons (Fsp3) is 0.185. The molecule has 0 atom stereocenters. The van der Waals surface area contributed by atoms with E-state index in [0.29, 0.717) is 28.8 Å². The van der Waals surface area contributed by atoms with Crippen LogP contribution in [-0.2, 0) is 4.79 Å². The second-order valence-corrected chi connectivity index (χ2v) is 8.73. The summed E-state index contributed by atoms with van der Waals surface area (Å²) in [6.45, 7) is 2.27. The molecule has 0 bridgehead atoms. The molecule has 1 aliphatic rings. The molecule has 3 N–H and O–H groups in total. The molecule has 1 saturated heterocycles. The van der Waals surface area contributed by atoms with Crippen LogP contribution in [0, 0.1) is 0 Å². The van der Waals surface area contributed by atoms with Gasteiger partial charge in [0, 0.05) is 16.9 Å². The van der Waals surface area contributed by atoms with Gasteiger partial charge < -0.3 is 15.6 Å². The summed E-state index contributed by atoms with van der Waals surface area (Å²) >= 11 is 0. The normalized spacial score (nSPS) is 13.6. The topological polar surface area (TPSA) is 116 Å². The highest BCUT2D eigenvalue weighted by Crippen LogP contribution is 2.16. The van der Waals surface area contributed by atoms with Crippen molar-refractivity contribution in [2.24, 2.45) is 0 Å². The number of nitrogens with one attached hydrogen (secondary N) is 3. The summed E-state index contributed by atoms with van der Waals surface area (Å²) in [4.78, 5) is 55.5. The van der Waals surface area contributed by atoms with Gasteiger partial charge in [-0.1, -0.05) is 18.2 Å². The Morgan fingerprint density at radius 2 is 1.53 bits per heavy atom. The standard InChI is InChI=1S/C27H25N5O4/c33-24(17-31-14-3-4-15-31)28-19-10-12-20(13-11-19)29-25(34)18-6-5-7-21(16-18)32-26(35)22-8-1-2-9-23(22)30-27(32)36/h1-2,5-13,16H,3-4,14-15,17H2,(H,28,33)(H,29,34)(H,30,36). The Hall–Kier alpha value is -4.50. The van der Waals surface area contributed by atoms with Crippen molar-refractivity contribution in [2.75, 3.05) is 30.3 Å². The van der Waals surface area contributed by atoms with Gasteiger partial charge in [0.1, 0.15) is 0 Å². The van der Waals surface area contributed by atoms with Crippen LogP contribution < -0.4 is 21.9 Å². The molecule has 9 nitrogen and oxygen atoms in total. The molecule has 0 radical (unpaired) electrons. The number of aromatic nitrogens is 2. The number of carbonyl (C=O) groups excluding carboxylic acids is 2. The number of amides is 2. The van der Waals surface area contributed by atoms with Crippen LogP contribution in [-0.4, -0.2) is 45.9 Å². The van der Waals surface area contributed by atoms with E-state index in [1.807, 2.05) is 0 Å². The first kappa shape index (κ1) is 23.3. The average Bonchev–Trinajstić information content (AvgIpc) is 3.38. The minimum Gasteiger partial charge on any atom is -0.325 e. The molecule has 0 saturated carbocycles. The molecular formula is C27H25N5O4. The zero-order valence-electron chi connectivity index (χ0n) is 19.5. The molecule has 182 valence electrons. The number of hydrogen-bond acceptors (Lipinski definition) is 5. The summed E-state index contributed by atoms with van der Waals surface area (Å²) in [5, 5.41) is 6.05. The lowest BCUT2D eigenvalue weighted by Crippen LogP contribution is -2.33. The van der Waals surface area contributed by atoms with E-state index in [-0.39, 0.29) is 17.2 Å². The maximum atomic E-state index is 12.9. The Morgan fingerprint density at radius 1 is 0.833 bits per heavy atom. The van der Waals surface area contributed by atoms with Gasteiger partial charge in [0.2, 0.25) is 5.91 Å². The lowest BCUT2D eigenvalue weighted by molar-refractivity contribution is -0.117. The number of para-hydroxylation sites is 1. The van der Waals surface area contributed by atoms with Gasteiger partial charge in [-0.25, -0.2) is 9.36 Å². The average molecular weight is 484 g/mol. The maximum absolute atomic E-state index is 12.9. The molecule has 36 heavy (non-hydrogen) atoms. The second-order valence-electron chi connectivity index (χ2n) is 8.73. The number of hydrogen-bond donors (Lipinski definition) is 3. The first-order chi connectivity index (χ1) is 17.5. The van der Waals surface area contributed by atoms with Gasteiger partial charge in [0.15, 0.2) is 0 Å². The van der Waals surface area contributed by atoms with Gasteiger partial charge in [0.25, 0.3) is 11.5 Å². The highest BCUT2D eigenvalue weighted by Gasteiger charge is 2.15. The number of carbonyl (C=O) groups is 2. The molecule has 0 unspecified atom stereocenters. The van der Waals surface area contributed by atoms with Gasteiger partial charge in [0.05, 0.1) is 23.1 Å². The highest BCUT2D eigenvalue weighted by atomic mass is 16.2. The van der Waals surface area contributed by atoms with Gasteiger partial charge in [-0.05, 0) is 80.5 Å². The van der Waals surface area contributed by atoms with E-state index >= 15 is 0 Å². The lowest BCUT2D eigenvalue weighted by atomic mass is 10.1. The van der Waals surface area contributed by atoms with Crippen molar-refractivity contribution >= 4 is 34.1 Å². The molecule has 2 amide bonds. The fourth-order valence-corrected chi connectivity index (χ4v) is 4.37. The Labute approximate surface area is 206 Å². The summed E-state index contributed by atoms with van der Waals surface area (Å²) in [7, 11) is 0. The van der Waals surface area contributed by atoms with Gasteiger partial charge in [-0.15, -0.1) is 0 Å². The molecule has 9 heteroatoms. The number of aromatic amines is 1. The van der Waals surface area contributed by atoms with Gasteiger partial charge >= 0.3 is 5.69 Å². The van der Waals surface area contributed by atoms with E-state index in [0.717, 1.165) is 30.5 Å². The first-order valence-corrected chi connectivity index (χ1v) is 11.8. The lowest BCUT2D eigenvalue weighted by Gasteiger charge is -2.14. The number of likely N-dealkylation sites (tertiary alicyclic amines) is 1. The van der Waals surface area contributed by atoms with Crippen LogP contribution in [0.4, 0.5) is 11.4 Å². The Kier molecular flexibility index (Phi) is 6.46. The molecule has 3 aromatic carbocycles. The zero-order chi connectivity index (χ0) is 25.1. The summed E-state index contributed by atoms with van der Waals surface area (Å²) in [5.74, 6) is -0.461. The predicted molar refractivity (Wildman–Crippen MR) is 139 cm³/mol. The summed E-state index contributed by atoms with van der Waals surface area (Å²) < 4.78 is 1.01. The van der Waals surface area contributed by atoms with Crippen LogP contribution in [0.1, 0.15) is 23.2 Å². The number of benzene rings is 3. The summed E-state index contributed by atoms with van der Waals surface area (Å²) in [6.07, 6.45) is 2.25. The molecule has 1 fully saturated rings. The first-order valence-electron chi connectivity index (χ1n) is 11.8. The minimum absolute atomic E-state index is 0.0654. The highest BCUT2D eigenvalue weighted by molar-refractivity contribution is 6.04. The largest absolute Gasteiger partial charge is 0.333 e. The SMILES string of the molecule is O=C(CN1CCCC1)Nc1ccc(NC(=O)c2cccc(-n3c(=O)[nH]c4ccccc4c3=O)c2)cc1. The van der Waals surface area contributed by atoms with E-state index < -0.39 is 17.2 Å². The van der Waals surface area contributed by atoms with Crippen molar-refractivity contribution in [1.82, 2.24) is 14.5 Å². The molecular weight excluding hydrogens is 458 g/mol. The third kappa shape index (κ3) is 4.96. The third-order valence-electron chi connectivity index (χ3n) is 6.16. The van der Waals surface area contributed by atoms with E-state index in [1.165, 1.54) is 6.07 Å². The third-order valence-corrected chi connectivity index (χ3v) is 6.16. The zero-order valence-corrected chi connectivity index (χ0v) is 19.5. The van der Waals surface area contributed by atoms with Crippen LogP contribution in [0.15, 0.2) is 82.4 Å².